The van der Waals surface area contributed by atoms with Crippen LogP contribution >= 0.6 is 11.6 Å². The van der Waals surface area contributed by atoms with Crippen LogP contribution in [0.25, 0.3) is 0 Å². The largest absolute Gasteiger partial charge is 0.488 e. The lowest BCUT2D eigenvalue weighted by molar-refractivity contribution is 0.0521. The Morgan fingerprint density at radius 3 is 2.50 bits per heavy atom. The first-order valence-corrected chi connectivity index (χ1v) is 6.72. The van der Waals surface area contributed by atoms with Crippen molar-refractivity contribution < 1.29 is 14.3 Å². The molecule has 4 heteroatoms. The number of carbonyl (C=O) groups is 1. The molecule has 2 rings (SSSR count). The molecule has 0 bridgehead atoms. The van der Waals surface area contributed by atoms with Gasteiger partial charge in [-0.1, -0.05) is 35.9 Å². The second-order valence-electron chi connectivity index (χ2n) is 4.13. The van der Waals surface area contributed by atoms with E-state index in [1.807, 2.05) is 18.2 Å². The Morgan fingerprint density at radius 2 is 1.80 bits per heavy atom. The lowest BCUT2D eigenvalue weighted by Crippen LogP contribution is -2.07. The van der Waals surface area contributed by atoms with Gasteiger partial charge in [0.25, 0.3) is 0 Å². The first-order valence-electron chi connectivity index (χ1n) is 6.34. The van der Waals surface area contributed by atoms with Crippen molar-refractivity contribution in [3.8, 4) is 5.75 Å². The summed E-state index contributed by atoms with van der Waals surface area (Å²) in [7, 11) is 0. The van der Waals surface area contributed by atoms with Crippen molar-refractivity contribution in [1.82, 2.24) is 0 Å². The first kappa shape index (κ1) is 14.4. The predicted molar refractivity (Wildman–Crippen MR) is 78.2 cm³/mol. The third-order valence-electron chi connectivity index (χ3n) is 2.69. The van der Waals surface area contributed by atoms with Crippen molar-refractivity contribution in [3.05, 3.63) is 64.7 Å². The summed E-state index contributed by atoms with van der Waals surface area (Å²) in [5.41, 5.74) is 1.41. The van der Waals surface area contributed by atoms with E-state index in [1.165, 1.54) is 0 Å². The van der Waals surface area contributed by atoms with Gasteiger partial charge in [-0.3, -0.25) is 0 Å². The Balaban J connectivity index is 2.09. The Morgan fingerprint density at radius 1 is 1.10 bits per heavy atom. The fourth-order valence-electron chi connectivity index (χ4n) is 1.71. The number of esters is 1. The smallest absolute Gasteiger partial charge is 0.341 e. The van der Waals surface area contributed by atoms with Crippen molar-refractivity contribution in [1.29, 1.82) is 0 Å². The zero-order valence-electron chi connectivity index (χ0n) is 11.1. The number of halogens is 1. The molecule has 0 aliphatic rings. The Bertz CT molecular complexity index is 579. The number of ether oxygens (including phenoxy) is 2. The molecule has 0 heterocycles. The number of hydrogen-bond donors (Lipinski definition) is 0. The molecular formula is C16H15ClO3. The van der Waals surface area contributed by atoms with Crippen LogP contribution in [0.2, 0.25) is 5.02 Å². The van der Waals surface area contributed by atoms with E-state index < -0.39 is 0 Å². The van der Waals surface area contributed by atoms with Gasteiger partial charge in [-0.05, 0) is 36.8 Å². The summed E-state index contributed by atoms with van der Waals surface area (Å²) in [5.74, 6) is 0.139. The Hall–Kier alpha value is -2.00. The van der Waals surface area contributed by atoms with Gasteiger partial charge in [0.05, 0.1) is 6.61 Å². The summed E-state index contributed by atoms with van der Waals surface area (Å²) < 4.78 is 10.7. The van der Waals surface area contributed by atoms with Gasteiger partial charge in [-0.2, -0.15) is 0 Å². The van der Waals surface area contributed by atoms with E-state index in [1.54, 1.807) is 37.3 Å². The summed E-state index contributed by atoms with van der Waals surface area (Å²) in [6.07, 6.45) is 0. The van der Waals surface area contributed by atoms with Crippen LogP contribution in [0.4, 0.5) is 0 Å². The number of rotatable bonds is 5. The third kappa shape index (κ3) is 3.75. The minimum atomic E-state index is -0.376. The Kier molecular flexibility index (Phi) is 5.02. The number of hydrogen-bond acceptors (Lipinski definition) is 3. The highest BCUT2D eigenvalue weighted by Gasteiger charge is 2.12. The molecule has 0 aliphatic carbocycles. The fraction of sp³-hybridized carbons (Fsp3) is 0.188. The zero-order valence-corrected chi connectivity index (χ0v) is 11.9. The fourth-order valence-corrected chi connectivity index (χ4v) is 1.84. The van der Waals surface area contributed by atoms with Crippen molar-refractivity contribution in [2.75, 3.05) is 6.61 Å². The molecule has 0 N–H and O–H groups in total. The zero-order chi connectivity index (χ0) is 14.4. The molecule has 2 aromatic rings. The second-order valence-corrected chi connectivity index (χ2v) is 4.57. The first-order chi connectivity index (χ1) is 9.70. The standard InChI is InChI=1S/C16H15ClO3/c1-2-19-16(18)14-5-3-4-6-15(14)20-11-12-7-9-13(17)10-8-12/h3-10H,2,11H2,1H3. The topological polar surface area (TPSA) is 35.5 Å². The van der Waals surface area contributed by atoms with Crippen LogP contribution in [0.3, 0.4) is 0 Å². The van der Waals surface area contributed by atoms with Crippen molar-refractivity contribution in [2.45, 2.75) is 13.5 Å². The van der Waals surface area contributed by atoms with E-state index in [9.17, 15) is 4.79 Å². The molecular weight excluding hydrogens is 276 g/mol. The van der Waals surface area contributed by atoms with Gasteiger partial charge < -0.3 is 9.47 Å². The average molecular weight is 291 g/mol. The highest BCUT2D eigenvalue weighted by atomic mass is 35.5. The van der Waals surface area contributed by atoms with E-state index in [2.05, 4.69) is 0 Å². The molecule has 3 nitrogen and oxygen atoms in total. The molecule has 0 saturated carbocycles. The monoisotopic (exact) mass is 290 g/mol. The SMILES string of the molecule is CCOC(=O)c1ccccc1OCc1ccc(Cl)cc1. The van der Waals surface area contributed by atoms with Crippen LogP contribution in [0.15, 0.2) is 48.5 Å². The predicted octanol–water partition coefficient (Wildman–Crippen LogP) is 4.10. The van der Waals surface area contributed by atoms with Crippen LogP contribution in [0.1, 0.15) is 22.8 Å². The maximum Gasteiger partial charge on any atom is 0.341 e. The lowest BCUT2D eigenvalue weighted by atomic mass is 10.2. The second kappa shape index (κ2) is 6.96. The van der Waals surface area contributed by atoms with Gasteiger partial charge in [0.2, 0.25) is 0 Å². The summed E-state index contributed by atoms with van der Waals surface area (Å²) in [4.78, 5) is 11.8. The summed E-state index contributed by atoms with van der Waals surface area (Å²) in [6.45, 7) is 2.48. The molecule has 2 aromatic carbocycles. The van der Waals surface area contributed by atoms with Gasteiger partial charge in [0.15, 0.2) is 0 Å². The molecule has 0 aliphatic heterocycles. The maximum absolute atomic E-state index is 11.8. The number of carbonyl (C=O) groups excluding carboxylic acids is 1. The maximum atomic E-state index is 11.8. The normalized spacial score (nSPS) is 10.1. The minimum absolute atomic E-state index is 0.338. The average Bonchev–Trinajstić information content (AvgIpc) is 2.47. The van der Waals surface area contributed by atoms with Crippen molar-refractivity contribution >= 4 is 17.6 Å². The van der Waals surface area contributed by atoms with Crippen LogP contribution in [-0.2, 0) is 11.3 Å². The molecule has 0 spiro atoms. The molecule has 0 aromatic heterocycles. The van der Waals surface area contributed by atoms with E-state index in [0.717, 1.165) is 5.56 Å². The van der Waals surface area contributed by atoms with Gasteiger partial charge in [-0.25, -0.2) is 4.79 Å². The van der Waals surface area contributed by atoms with Gasteiger partial charge in [0, 0.05) is 5.02 Å². The lowest BCUT2D eigenvalue weighted by Gasteiger charge is -2.10. The highest BCUT2D eigenvalue weighted by molar-refractivity contribution is 6.30. The molecule has 0 radical (unpaired) electrons. The van der Waals surface area contributed by atoms with Gasteiger partial charge in [0.1, 0.15) is 17.9 Å². The summed E-state index contributed by atoms with van der Waals surface area (Å²) >= 11 is 5.83. The molecule has 0 unspecified atom stereocenters. The highest BCUT2D eigenvalue weighted by Crippen LogP contribution is 2.20. The molecule has 0 fully saturated rings. The number of para-hydroxylation sites is 1. The summed E-state index contributed by atoms with van der Waals surface area (Å²) in [5, 5.41) is 0.681. The van der Waals surface area contributed by atoms with E-state index in [4.69, 9.17) is 21.1 Å². The van der Waals surface area contributed by atoms with E-state index >= 15 is 0 Å². The minimum Gasteiger partial charge on any atom is -0.488 e. The summed E-state index contributed by atoms with van der Waals surface area (Å²) in [6, 6.07) is 14.4. The molecule has 0 saturated heterocycles. The van der Waals surface area contributed by atoms with Crippen LogP contribution in [-0.4, -0.2) is 12.6 Å². The van der Waals surface area contributed by atoms with E-state index in [0.29, 0.717) is 29.5 Å². The van der Waals surface area contributed by atoms with Crippen molar-refractivity contribution in [3.63, 3.8) is 0 Å². The van der Waals surface area contributed by atoms with Gasteiger partial charge >= 0.3 is 5.97 Å². The quantitative estimate of drug-likeness (QED) is 0.778. The molecule has 104 valence electrons. The molecule has 0 amide bonds. The van der Waals surface area contributed by atoms with Crippen LogP contribution < -0.4 is 4.74 Å². The van der Waals surface area contributed by atoms with E-state index in [-0.39, 0.29) is 5.97 Å². The Labute approximate surface area is 123 Å². The molecule has 20 heavy (non-hydrogen) atoms. The molecule has 0 atom stereocenters. The van der Waals surface area contributed by atoms with Crippen LogP contribution in [0, 0.1) is 0 Å². The van der Waals surface area contributed by atoms with Gasteiger partial charge in [-0.15, -0.1) is 0 Å². The number of benzene rings is 2. The van der Waals surface area contributed by atoms with Crippen LogP contribution in [0.5, 0.6) is 5.75 Å². The third-order valence-corrected chi connectivity index (χ3v) is 2.94. The van der Waals surface area contributed by atoms with Crippen molar-refractivity contribution in [2.24, 2.45) is 0 Å².